The van der Waals surface area contributed by atoms with Gasteiger partial charge in [-0.3, -0.25) is 14.4 Å². The molecule has 0 saturated carbocycles. The van der Waals surface area contributed by atoms with Gasteiger partial charge in [0, 0.05) is 6.92 Å². The van der Waals surface area contributed by atoms with Gasteiger partial charge in [-0.25, -0.2) is 4.79 Å². The molecule has 0 aliphatic heterocycles. The summed E-state index contributed by atoms with van der Waals surface area (Å²) in [7, 11) is 0. The van der Waals surface area contributed by atoms with Crippen LogP contribution < -0.4 is 0 Å². The molecule has 8 heteroatoms. The topological polar surface area (TPSA) is 105 Å². The van der Waals surface area contributed by atoms with Crippen molar-refractivity contribution in [1.82, 2.24) is 0 Å². The Bertz CT molecular complexity index is 686. The summed E-state index contributed by atoms with van der Waals surface area (Å²) in [6.45, 7) is 12.9. The molecule has 0 fully saturated rings. The van der Waals surface area contributed by atoms with Gasteiger partial charge in [0.2, 0.25) is 5.60 Å². The van der Waals surface area contributed by atoms with Crippen molar-refractivity contribution in [2.24, 2.45) is 0 Å². The van der Waals surface area contributed by atoms with Gasteiger partial charge in [-0.2, -0.15) is 0 Å². The Labute approximate surface area is 243 Å². The Balaban J connectivity index is 5.64. The molecule has 0 N–H and O–H groups in total. The minimum absolute atomic E-state index is 0.372. The predicted octanol–water partition coefficient (Wildman–Crippen LogP) is 7.77. The van der Waals surface area contributed by atoms with Crippen molar-refractivity contribution in [3.8, 4) is 0 Å². The average molecular weight is 571 g/mol. The van der Waals surface area contributed by atoms with Gasteiger partial charge in [0.25, 0.3) is 0 Å². The summed E-state index contributed by atoms with van der Waals surface area (Å²) < 4.78 is 22.2. The monoisotopic (exact) mass is 570 g/mol. The lowest BCUT2D eigenvalue weighted by atomic mass is 9.94. The van der Waals surface area contributed by atoms with Gasteiger partial charge in [0.15, 0.2) is 0 Å². The summed E-state index contributed by atoms with van der Waals surface area (Å²) in [5.74, 6) is -3.17. The highest BCUT2D eigenvalue weighted by molar-refractivity contribution is 5.92. The van der Waals surface area contributed by atoms with E-state index in [9.17, 15) is 19.2 Å². The van der Waals surface area contributed by atoms with Crippen LogP contribution in [0.3, 0.4) is 0 Å². The van der Waals surface area contributed by atoms with E-state index in [-0.39, 0.29) is 12.2 Å². The summed E-state index contributed by atoms with van der Waals surface area (Å²) >= 11 is 0. The zero-order valence-corrected chi connectivity index (χ0v) is 26.5. The van der Waals surface area contributed by atoms with Crippen molar-refractivity contribution in [1.29, 1.82) is 0 Å². The Hall–Kier alpha value is -2.12. The van der Waals surface area contributed by atoms with Crippen molar-refractivity contribution in [2.75, 3.05) is 0 Å². The molecule has 3 unspecified atom stereocenters. The third kappa shape index (κ3) is 18.3. The lowest BCUT2D eigenvalue weighted by Gasteiger charge is -2.31. The third-order valence-corrected chi connectivity index (χ3v) is 6.94. The van der Waals surface area contributed by atoms with Gasteiger partial charge < -0.3 is 18.9 Å². The van der Waals surface area contributed by atoms with E-state index in [1.807, 2.05) is 0 Å². The number of carbonyl (C=O) groups is 4. The Morgan fingerprint density at radius 2 is 0.900 bits per heavy atom. The highest BCUT2D eigenvalue weighted by Gasteiger charge is 2.49. The Kier molecular flexibility index (Phi) is 21.4. The quantitative estimate of drug-likeness (QED) is 0.0658. The van der Waals surface area contributed by atoms with E-state index in [1.54, 1.807) is 20.8 Å². The molecule has 0 heterocycles. The molecule has 8 nitrogen and oxygen atoms in total. The van der Waals surface area contributed by atoms with Gasteiger partial charge in [-0.1, -0.05) is 78.6 Å². The minimum atomic E-state index is -2.15. The van der Waals surface area contributed by atoms with Crippen LogP contribution in [0, 0.1) is 0 Å². The largest absolute Gasteiger partial charge is 0.463 e. The van der Waals surface area contributed by atoms with Gasteiger partial charge in [-0.05, 0) is 59.3 Å². The molecule has 0 saturated heterocycles. The molecule has 0 aliphatic carbocycles. The summed E-state index contributed by atoms with van der Waals surface area (Å²) in [5.41, 5.74) is -2.15. The van der Waals surface area contributed by atoms with E-state index in [0.717, 1.165) is 84.0 Å². The van der Waals surface area contributed by atoms with Gasteiger partial charge >= 0.3 is 23.9 Å². The van der Waals surface area contributed by atoms with Gasteiger partial charge in [0.05, 0.1) is 31.2 Å². The molecule has 0 spiro atoms. The number of unbranched alkanes of at least 4 members (excludes halogenated alkanes) is 9. The molecule has 40 heavy (non-hydrogen) atoms. The fraction of sp³-hybridized carbons (Fsp3) is 0.875. The second-order valence-corrected chi connectivity index (χ2v) is 11.3. The molecule has 0 aliphatic rings. The highest BCUT2D eigenvalue weighted by atomic mass is 16.6. The lowest BCUT2D eigenvalue weighted by molar-refractivity contribution is -0.194. The molecular formula is C32H58O8. The maximum atomic E-state index is 13.5. The Morgan fingerprint density at radius 3 is 1.23 bits per heavy atom. The summed E-state index contributed by atoms with van der Waals surface area (Å²) in [6.07, 6.45) is 11.9. The molecule has 0 aromatic rings. The van der Waals surface area contributed by atoms with Gasteiger partial charge in [0.1, 0.15) is 0 Å². The van der Waals surface area contributed by atoms with Crippen LogP contribution in [-0.4, -0.2) is 47.8 Å². The molecule has 0 amide bonds. The second kappa shape index (κ2) is 22.6. The first-order chi connectivity index (χ1) is 19.0. The van der Waals surface area contributed by atoms with Crippen molar-refractivity contribution >= 4 is 23.9 Å². The van der Waals surface area contributed by atoms with E-state index < -0.39 is 48.4 Å². The molecule has 0 aromatic heterocycles. The van der Waals surface area contributed by atoms with Crippen LogP contribution >= 0.6 is 0 Å². The normalized spacial score (nSPS) is 14.9. The van der Waals surface area contributed by atoms with E-state index in [2.05, 4.69) is 20.8 Å². The zero-order valence-electron chi connectivity index (χ0n) is 26.5. The fourth-order valence-electron chi connectivity index (χ4n) is 4.64. The summed E-state index contributed by atoms with van der Waals surface area (Å²) in [5, 5.41) is 0. The molecule has 0 rings (SSSR count). The minimum Gasteiger partial charge on any atom is -0.463 e. The van der Waals surface area contributed by atoms with Crippen LogP contribution in [0.5, 0.6) is 0 Å². The van der Waals surface area contributed by atoms with Crippen LogP contribution in [0.15, 0.2) is 0 Å². The van der Waals surface area contributed by atoms with E-state index >= 15 is 0 Å². The highest BCUT2D eigenvalue weighted by Crippen LogP contribution is 2.28. The summed E-state index contributed by atoms with van der Waals surface area (Å²) in [6, 6.07) is 0. The Morgan fingerprint density at radius 1 is 0.550 bits per heavy atom. The van der Waals surface area contributed by atoms with Crippen molar-refractivity contribution < 1.29 is 38.1 Å². The first kappa shape index (κ1) is 37.9. The third-order valence-electron chi connectivity index (χ3n) is 6.94. The molecule has 0 aromatic carbocycles. The zero-order chi connectivity index (χ0) is 30.4. The van der Waals surface area contributed by atoms with Gasteiger partial charge in [-0.15, -0.1) is 0 Å². The van der Waals surface area contributed by atoms with E-state index in [0.29, 0.717) is 19.3 Å². The summed E-state index contributed by atoms with van der Waals surface area (Å²) in [4.78, 5) is 51.7. The number of rotatable bonds is 24. The number of ether oxygens (including phenoxy) is 4. The van der Waals surface area contributed by atoms with Crippen LogP contribution in [0.1, 0.15) is 158 Å². The molecule has 0 bridgehead atoms. The first-order valence-electron chi connectivity index (χ1n) is 15.8. The predicted molar refractivity (Wildman–Crippen MR) is 157 cm³/mol. The van der Waals surface area contributed by atoms with Crippen molar-refractivity contribution in [2.45, 2.75) is 182 Å². The molecule has 234 valence electrons. The SMILES string of the molecule is CCCCCCC(C)OC(=O)CC(CC(=O)OC(C)CCCCCC)(OC(C)=O)C(=O)OC(C)CCCCCC. The maximum absolute atomic E-state index is 13.5. The lowest BCUT2D eigenvalue weighted by Crippen LogP contribution is -2.49. The molecular weight excluding hydrogens is 512 g/mol. The van der Waals surface area contributed by atoms with E-state index in [1.165, 1.54) is 0 Å². The first-order valence-corrected chi connectivity index (χ1v) is 15.8. The average Bonchev–Trinajstić information content (AvgIpc) is 2.86. The van der Waals surface area contributed by atoms with Crippen molar-refractivity contribution in [3.05, 3.63) is 0 Å². The van der Waals surface area contributed by atoms with E-state index in [4.69, 9.17) is 18.9 Å². The number of carbonyl (C=O) groups excluding carboxylic acids is 4. The standard InChI is InChI=1S/C32H58O8/c1-8-11-14-17-20-25(4)37-29(34)23-32(40-28(7)33,31(36)39-27(6)22-19-16-13-10-3)24-30(35)38-26(5)21-18-15-12-9-2/h25-27H,8-24H2,1-7H3. The van der Waals surface area contributed by atoms with Crippen LogP contribution in [0.2, 0.25) is 0 Å². The van der Waals surface area contributed by atoms with Crippen LogP contribution in [-0.2, 0) is 38.1 Å². The number of hydrogen-bond acceptors (Lipinski definition) is 8. The number of hydrogen-bond donors (Lipinski definition) is 0. The molecule has 3 atom stereocenters. The number of esters is 4. The smallest absolute Gasteiger partial charge is 0.352 e. The molecule has 0 radical (unpaired) electrons. The van der Waals surface area contributed by atoms with Crippen LogP contribution in [0.4, 0.5) is 0 Å². The van der Waals surface area contributed by atoms with Crippen LogP contribution in [0.25, 0.3) is 0 Å². The second-order valence-electron chi connectivity index (χ2n) is 11.3. The fourth-order valence-corrected chi connectivity index (χ4v) is 4.64. The van der Waals surface area contributed by atoms with Crippen molar-refractivity contribution in [3.63, 3.8) is 0 Å². The maximum Gasteiger partial charge on any atom is 0.352 e.